The molecule has 0 aliphatic rings. The Morgan fingerprint density at radius 3 is 2.33 bits per heavy atom. The summed E-state index contributed by atoms with van der Waals surface area (Å²) in [7, 11) is -4.52. The number of hydrogen-bond donors (Lipinski definition) is 3. The summed E-state index contributed by atoms with van der Waals surface area (Å²) >= 11 is 0. The third-order valence-electron chi connectivity index (χ3n) is 4.52. The predicted molar refractivity (Wildman–Crippen MR) is 101 cm³/mol. The summed E-state index contributed by atoms with van der Waals surface area (Å²) in [6, 6.07) is 14.3. The van der Waals surface area contributed by atoms with Gasteiger partial charge in [-0.15, -0.1) is 0 Å². The van der Waals surface area contributed by atoms with E-state index in [1.807, 2.05) is 6.92 Å². The molecule has 3 rings (SSSR count). The highest BCUT2D eigenvalue weighted by Crippen LogP contribution is 2.33. The lowest BCUT2D eigenvalue weighted by molar-refractivity contribution is 0.0697. The Bertz CT molecular complexity index is 1120. The molecule has 0 fully saturated rings. The van der Waals surface area contributed by atoms with E-state index < -0.39 is 16.1 Å². The lowest BCUT2D eigenvalue weighted by atomic mass is 9.92. The van der Waals surface area contributed by atoms with Crippen LogP contribution in [0.15, 0.2) is 59.5 Å². The molecule has 0 saturated carbocycles. The van der Waals surface area contributed by atoms with Crippen LogP contribution < -0.4 is 0 Å². The quantitative estimate of drug-likeness (QED) is 0.575. The second-order valence-corrected chi connectivity index (χ2v) is 7.87. The van der Waals surface area contributed by atoms with E-state index in [9.17, 15) is 22.9 Å². The van der Waals surface area contributed by atoms with Gasteiger partial charge in [0.15, 0.2) is 0 Å². The van der Waals surface area contributed by atoms with E-state index in [0.717, 1.165) is 5.56 Å². The Kier molecular flexibility index (Phi) is 4.91. The van der Waals surface area contributed by atoms with Crippen molar-refractivity contribution in [1.29, 1.82) is 0 Å². The molecule has 3 N–H and O–H groups in total. The van der Waals surface area contributed by atoms with Crippen molar-refractivity contribution < 1.29 is 28.0 Å². The van der Waals surface area contributed by atoms with Gasteiger partial charge in [0.1, 0.15) is 10.6 Å². The first-order valence-electron chi connectivity index (χ1n) is 8.22. The zero-order valence-electron chi connectivity index (χ0n) is 14.5. The van der Waals surface area contributed by atoms with Crippen molar-refractivity contribution in [3.63, 3.8) is 0 Å². The van der Waals surface area contributed by atoms with Gasteiger partial charge in [-0.25, -0.2) is 4.79 Å². The number of aromatic hydroxyl groups is 1. The smallest absolute Gasteiger partial charge is 0.335 e. The van der Waals surface area contributed by atoms with E-state index in [-0.39, 0.29) is 27.5 Å². The van der Waals surface area contributed by atoms with Gasteiger partial charge in [0.2, 0.25) is 0 Å². The van der Waals surface area contributed by atoms with Crippen molar-refractivity contribution in [1.82, 2.24) is 0 Å². The van der Waals surface area contributed by atoms with E-state index in [4.69, 9.17) is 5.11 Å². The number of fused-ring (bicyclic) bond motifs is 1. The molecule has 0 bridgehead atoms. The van der Waals surface area contributed by atoms with Crippen LogP contribution in [0.1, 0.15) is 34.3 Å². The first-order chi connectivity index (χ1) is 12.7. The maximum absolute atomic E-state index is 11.8. The Hall–Kier alpha value is -2.90. The van der Waals surface area contributed by atoms with Crippen molar-refractivity contribution in [2.45, 2.75) is 24.2 Å². The number of benzene rings is 3. The van der Waals surface area contributed by atoms with E-state index in [1.54, 1.807) is 30.3 Å². The van der Waals surface area contributed by atoms with E-state index >= 15 is 0 Å². The SMILES string of the molecule is CC(Cc1cc(S(=O)(=O)O)c2c(O)cccc2c1)c1ccc(C(=O)O)cc1. The number of phenolic OH excluding ortho intramolecular Hbond substituents is 1. The van der Waals surface area contributed by atoms with Crippen LogP contribution in [-0.4, -0.2) is 29.2 Å². The molecular weight excluding hydrogens is 368 g/mol. The fourth-order valence-corrected chi connectivity index (χ4v) is 3.96. The zero-order chi connectivity index (χ0) is 19.8. The number of carbonyl (C=O) groups is 1. The Labute approximate surface area is 156 Å². The first-order valence-corrected chi connectivity index (χ1v) is 9.66. The summed E-state index contributed by atoms with van der Waals surface area (Å²) < 4.78 is 33.2. The van der Waals surface area contributed by atoms with E-state index in [2.05, 4.69) is 0 Å². The van der Waals surface area contributed by atoms with Gasteiger partial charge in [-0.1, -0.05) is 37.3 Å². The van der Waals surface area contributed by atoms with Crippen LogP contribution in [0, 0.1) is 0 Å². The minimum Gasteiger partial charge on any atom is -0.507 e. The number of phenols is 1. The van der Waals surface area contributed by atoms with Crippen LogP contribution in [-0.2, 0) is 16.5 Å². The molecule has 0 aromatic heterocycles. The lowest BCUT2D eigenvalue weighted by Gasteiger charge is -2.15. The Balaban J connectivity index is 2.01. The molecule has 7 heteroatoms. The number of rotatable bonds is 5. The highest BCUT2D eigenvalue weighted by Gasteiger charge is 2.19. The summed E-state index contributed by atoms with van der Waals surface area (Å²) in [5.41, 5.74) is 1.78. The second kappa shape index (κ2) is 7.02. The van der Waals surface area contributed by atoms with Gasteiger partial charge in [-0.3, -0.25) is 4.55 Å². The average molecular weight is 386 g/mol. The number of hydrogen-bond acceptors (Lipinski definition) is 4. The molecule has 0 aliphatic heterocycles. The highest BCUT2D eigenvalue weighted by molar-refractivity contribution is 7.86. The maximum atomic E-state index is 11.8. The van der Waals surface area contributed by atoms with Crippen LogP contribution in [0.25, 0.3) is 10.8 Å². The summed E-state index contributed by atoms with van der Waals surface area (Å²) in [6.45, 7) is 1.94. The standard InChI is InChI=1S/C20H18O6S/c1-12(14-5-7-15(8-6-14)20(22)23)9-13-10-16-3-2-4-17(21)19(16)18(11-13)27(24,25)26/h2-8,10-12,21H,9H2,1H3,(H,22,23)(H,24,25,26). The van der Waals surface area contributed by atoms with Crippen LogP contribution >= 0.6 is 0 Å². The lowest BCUT2D eigenvalue weighted by Crippen LogP contribution is -2.04. The molecule has 0 radical (unpaired) electrons. The maximum Gasteiger partial charge on any atom is 0.335 e. The molecule has 3 aromatic rings. The minimum absolute atomic E-state index is 0.0168. The third-order valence-corrected chi connectivity index (χ3v) is 5.40. The molecule has 0 amide bonds. The van der Waals surface area contributed by atoms with Crippen molar-refractivity contribution in [2.24, 2.45) is 0 Å². The van der Waals surface area contributed by atoms with Crippen molar-refractivity contribution >= 4 is 26.9 Å². The summed E-state index contributed by atoms with van der Waals surface area (Å²) in [5.74, 6) is -1.23. The van der Waals surface area contributed by atoms with Crippen molar-refractivity contribution in [3.8, 4) is 5.75 Å². The Morgan fingerprint density at radius 1 is 1.07 bits per heavy atom. The second-order valence-electron chi connectivity index (χ2n) is 6.48. The van der Waals surface area contributed by atoms with Gasteiger partial charge >= 0.3 is 5.97 Å². The summed E-state index contributed by atoms with van der Waals surface area (Å²) in [5, 5.41) is 19.6. The molecule has 0 saturated heterocycles. The van der Waals surface area contributed by atoms with E-state index in [0.29, 0.717) is 17.4 Å². The van der Waals surface area contributed by atoms with Gasteiger partial charge in [0.05, 0.1) is 5.56 Å². The van der Waals surface area contributed by atoms with Gasteiger partial charge in [-0.2, -0.15) is 8.42 Å². The third kappa shape index (κ3) is 3.94. The average Bonchev–Trinajstić information content (AvgIpc) is 2.60. The van der Waals surface area contributed by atoms with Crippen LogP contribution in [0.5, 0.6) is 5.75 Å². The fraction of sp³-hybridized carbons (Fsp3) is 0.150. The van der Waals surface area contributed by atoms with E-state index in [1.165, 1.54) is 24.3 Å². The van der Waals surface area contributed by atoms with Gasteiger partial charge < -0.3 is 10.2 Å². The van der Waals surface area contributed by atoms with Crippen molar-refractivity contribution in [3.05, 3.63) is 71.3 Å². The van der Waals surface area contributed by atoms with Crippen LogP contribution in [0.2, 0.25) is 0 Å². The topological polar surface area (TPSA) is 112 Å². The number of carboxylic acids is 1. The Morgan fingerprint density at radius 2 is 1.74 bits per heavy atom. The first kappa shape index (κ1) is 18.9. The monoisotopic (exact) mass is 386 g/mol. The normalized spacial score (nSPS) is 12.8. The summed E-state index contributed by atoms with van der Waals surface area (Å²) in [4.78, 5) is 10.6. The highest BCUT2D eigenvalue weighted by atomic mass is 32.2. The van der Waals surface area contributed by atoms with Crippen LogP contribution in [0.3, 0.4) is 0 Å². The molecule has 27 heavy (non-hydrogen) atoms. The molecule has 1 atom stereocenters. The van der Waals surface area contributed by atoms with Gasteiger partial charge in [0, 0.05) is 5.39 Å². The van der Waals surface area contributed by atoms with Crippen molar-refractivity contribution in [2.75, 3.05) is 0 Å². The van der Waals surface area contributed by atoms with Gasteiger partial charge in [0.25, 0.3) is 10.1 Å². The predicted octanol–water partition coefficient (Wildman–Crippen LogP) is 3.84. The molecule has 1 unspecified atom stereocenters. The molecule has 0 heterocycles. The summed E-state index contributed by atoms with van der Waals surface area (Å²) in [6.07, 6.45) is 0.473. The number of aromatic carboxylic acids is 1. The molecule has 6 nitrogen and oxygen atoms in total. The molecule has 0 aliphatic carbocycles. The van der Waals surface area contributed by atoms with Crippen LogP contribution in [0.4, 0.5) is 0 Å². The fourth-order valence-electron chi connectivity index (χ4n) is 3.18. The number of carboxylic acid groups (broad SMARTS) is 1. The molecule has 0 spiro atoms. The van der Waals surface area contributed by atoms with Gasteiger partial charge in [-0.05, 0) is 53.1 Å². The largest absolute Gasteiger partial charge is 0.507 e. The zero-order valence-corrected chi connectivity index (χ0v) is 15.3. The minimum atomic E-state index is -4.52. The molecule has 140 valence electrons. The molecule has 3 aromatic carbocycles. The molecular formula is C20H18O6S.